The van der Waals surface area contributed by atoms with E-state index >= 15 is 0 Å². The molecule has 2 aromatic carbocycles. The quantitative estimate of drug-likeness (QED) is 0.792. The lowest BCUT2D eigenvalue weighted by Crippen LogP contribution is -1.96. The zero-order chi connectivity index (χ0) is 14.7. The molecule has 0 aliphatic rings. The third-order valence-electron chi connectivity index (χ3n) is 3.67. The number of benzene rings is 2. The van der Waals surface area contributed by atoms with Crippen molar-refractivity contribution in [2.24, 2.45) is 5.73 Å². The van der Waals surface area contributed by atoms with Crippen LogP contribution in [0.5, 0.6) is 0 Å². The Bertz CT molecular complexity index is 712. The molecule has 21 heavy (non-hydrogen) atoms. The van der Waals surface area contributed by atoms with E-state index in [2.05, 4.69) is 31.2 Å². The van der Waals surface area contributed by atoms with E-state index in [9.17, 15) is 0 Å². The summed E-state index contributed by atoms with van der Waals surface area (Å²) in [6, 6.07) is 18.6. The number of para-hydroxylation sites is 1. The van der Waals surface area contributed by atoms with Gasteiger partial charge in [-0.25, -0.2) is 4.68 Å². The number of rotatable bonds is 4. The Morgan fingerprint density at radius 2 is 1.71 bits per heavy atom. The molecular weight excluding hydrogens is 258 g/mol. The van der Waals surface area contributed by atoms with Crippen LogP contribution in [0.2, 0.25) is 0 Å². The highest BCUT2D eigenvalue weighted by Gasteiger charge is 2.10. The Labute approximate surface area is 125 Å². The molecule has 2 N–H and O–H groups in total. The van der Waals surface area contributed by atoms with Crippen molar-refractivity contribution in [2.75, 3.05) is 0 Å². The van der Waals surface area contributed by atoms with E-state index < -0.39 is 0 Å². The van der Waals surface area contributed by atoms with Crippen molar-refractivity contribution >= 4 is 0 Å². The van der Waals surface area contributed by atoms with Crippen LogP contribution >= 0.6 is 0 Å². The lowest BCUT2D eigenvalue weighted by Gasteiger charge is -2.02. The monoisotopic (exact) mass is 277 g/mol. The molecule has 0 spiro atoms. The molecule has 0 aliphatic carbocycles. The molecule has 0 radical (unpaired) electrons. The molecule has 0 amide bonds. The standard InChI is InChI=1S/C18H19N3/c1-2-14-8-10-15(11-9-14)18-16(12-19)13-21(20-18)17-6-4-3-5-7-17/h3-11,13H,2,12,19H2,1H3. The van der Waals surface area contributed by atoms with Gasteiger partial charge in [0, 0.05) is 23.9 Å². The summed E-state index contributed by atoms with van der Waals surface area (Å²) < 4.78 is 1.89. The number of hydrogen-bond acceptors (Lipinski definition) is 2. The molecule has 3 heteroatoms. The summed E-state index contributed by atoms with van der Waals surface area (Å²) in [5.41, 5.74) is 11.4. The van der Waals surface area contributed by atoms with Crippen molar-refractivity contribution in [3.63, 3.8) is 0 Å². The van der Waals surface area contributed by atoms with Gasteiger partial charge in [-0.05, 0) is 24.1 Å². The largest absolute Gasteiger partial charge is 0.326 e. The molecule has 0 saturated carbocycles. The normalized spacial score (nSPS) is 10.8. The van der Waals surface area contributed by atoms with Crippen LogP contribution in [0, 0.1) is 0 Å². The lowest BCUT2D eigenvalue weighted by molar-refractivity contribution is 0.883. The predicted octanol–water partition coefficient (Wildman–Crippen LogP) is 3.56. The third-order valence-corrected chi connectivity index (χ3v) is 3.67. The fourth-order valence-corrected chi connectivity index (χ4v) is 2.41. The number of nitrogens with two attached hydrogens (primary N) is 1. The second-order valence-electron chi connectivity index (χ2n) is 5.04. The van der Waals surface area contributed by atoms with Crippen molar-refractivity contribution in [3.8, 4) is 16.9 Å². The van der Waals surface area contributed by atoms with E-state index in [0.29, 0.717) is 6.54 Å². The molecular formula is C18H19N3. The van der Waals surface area contributed by atoms with Crippen molar-refractivity contribution in [1.29, 1.82) is 0 Å². The Morgan fingerprint density at radius 1 is 1.00 bits per heavy atom. The van der Waals surface area contributed by atoms with Crippen molar-refractivity contribution < 1.29 is 0 Å². The minimum atomic E-state index is 0.484. The second kappa shape index (κ2) is 5.94. The number of hydrogen-bond donors (Lipinski definition) is 1. The smallest absolute Gasteiger partial charge is 0.0972 e. The van der Waals surface area contributed by atoms with Crippen LogP contribution in [-0.4, -0.2) is 9.78 Å². The molecule has 3 rings (SSSR count). The highest BCUT2D eigenvalue weighted by Crippen LogP contribution is 2.24. The van der Waals surface area contributed by atoms with E-state index in [4.69, 9.17) is 10.8 Å². The molecule has 0 fully saturated rings. The van der Waals surface area contributed by atoms with E-state index in [0.717, 1.165) is 28.9 Å². The average molecular weight is 277 g/mol. The molecule has 0 bridgehead atoms. The zero-order valence-corrected chi connectivity index (χ0v) is 12.2. The maximum atomic E-state index is 5.88. The van der Waals surface area contributed by atoms with Gasteiger partial charge in [0.2, 0.25) is 0 Å². The predicted molar refractivity (Wildman–Crippen MR) is 86.3 cm³/mol. The summed E-state index contributed by atoms with van der Waals surface area (Å²) in [4.78, 5) is 0. The number of aromatic nitrogens is 2. The summed E-state index contributed by atoms with van der Waals surface area (Å²) >= 11 is 0. The lowest BCUT2D eigenvalue weighted by atomic mass is 10.1. The summed E-state index contributed by atoms with van der Waals surface area (Å²) in [6.07, 6.45) is 3.06. The van der Waals surface area contributed by atoms with Gasteiger partial charge in [0.25, 0.3) is 0 Å². The van der Waals surface area contributed by atoms with Crippen LogP contribution in [0.1, 0.15) is 18.1 Å². The molecule has 106 valence electrons. The van der Waals surface area contributed by atoms with Gasteiger partial charge in [-0.15, -0.1) is 0 Å². The van der Waals surface area contributed by atoms with E-state index in [-0.39, 0.29) is 0 Å². The minimum absolute atomic E-state index is 0.484. The fourth-order valence-electron chi connectivity index (χ4n) is 2.41. The summed E-state index contributed by atoms with van der Waals surface area (Å²) in [5, 5.41) is 4.71. The molecule has 0 aliphatic heterocycles. The molecule has 0 saturated heterocycles. The second-order valence-corrected chi connectivity index (χ2v) is 5.04. The van der Waals surface area contributed by atoms with Crippen molar-refractivity contribution in [3.05, 3.63) is 71.9 Å². The first-order valence-corrected chi connectivity index (χ1v) is 7.25. The summed E-state index contributed by atoms with van der Waals surface area (Å²) in [6.45, 7) is 2.64. The van der Waals surface area contributed by atoms with Crippen LogP contribution in [-0.2, 0) is 13.0 Å². The Balaban J connectivity index is 2.03. The van der Waals surface area contributed by atoms with Gasteiger partial charge in [-0.3, -0.25) is 0 Å². The average Bonchev–Trinajstić information content (AvgIpc) is 3.00. The van der Waals surface area contributed by atoms with E-state index in [1.807, 2.05) is 41.2 Å². The summed E-state index contributed by atoms with van der Waals surface area (Å²) in [5.74, 6) is 0. The zero-order valence-electron chi connectivity index (χ0n) is 12.2. The SMILES string of the molecule is CCc1ccc(-c2nn(-c3ccccc3)cc2CN)cc1. The minimum Gasteiger partial charge on any atom is -0.326 e. The molecule has 1 heterocycles. The molecule has 3 nitrogen and oxygen atoms in total. The van der Waals surface area contributed by atoms with Crippen LogP contribution in [0.3, 0.4) is 0 Å². The van der Waals surface area contributed by atoms with Crippen molar-refractivity contribution in [2.45, 2.75) is 19.9 Å². The Morgan fingerprint density at radius 3 is 2.33 bits per heavy atom. The van der Waals surface area contributed by atoms with Gasteiger partial charge in [0.05, 0.1) is 11.4 Å². The van der Waals surface area contributed by atoms with Crippen molar-refractivity contribution in [1.82, 2.24) is 9.78 Å². The van der Waals surface area contributed by atoms with Gasteiger partial charge < -0.3 is 5.73 Å². The highest BCUT2D eigenvalue weighted by molar-refractivity contribution is 5.63. The van der Waals surface area contributed by atoms with Gasteiger partial charge >= 0.3 is 0 Å². The molecule has 1 aromatic heterocycles. The van der Waals surface area contributed by atoms with Crippen LogP contribution in [0.4, 0.5) is 0 Å². The summed E-state index contributed by atoms with van der Waals surface area (Å²) in [7, 11) is 0. The first kappa shape index (κ1) is 13.6. The Hall–Kier alpha value is -2.39. The maximum absolute atomic E-state index is 5.88. The third kappa shape index (κ3) is 2.73. The Kier molecular flexibility index (Phi) is 3.84. The van der Waals surface area contributed by atoms with Gasteiger partial charge in [-0.2, -0.15) is 5.10 Å². The highest BCUT2D eigenvalue weighted by atomic mass is 15.3. The first-order valence-electron chi connectivity index (χ1n) is 7.25. The number of aryl methyl sites for hydroxylation is 1. The first-order chi connectivity index (χ1) is 10.3. The van der Waals surface area contributed by atoms with Gasteiger partial charge in [0.15, 0.2) is 0 Å². The van der Waals surface area contributed by atoms with Crippen LogP contribution in [0.25, 0.3) is 16.9 Å². The van der Waals surface area contributed by atoms with E-state index in [1.54, 1.807) is 0 Å². The number of nitrogens with zero attached hydrogens (tertiary/aromatic N) is 2. The van der Waals surface area contributed by atoms with Gasteiger partial charge in [-0.1, -0.05) is 49.4 Å². The van der Waals surface area contributed by atoms with Crippen LogP contribution < -0.4 is 5.73 Å². The molecule has 0 atom stereocenters. The fraction of sp³-hybridized carbons (Fsp3) is 0.167. The van der Waals surface area contributed by atoms with E-state index in [1.165, 1.54) is 5.56 Å². The maximum Gasteiger partial charge on any atom is 0.0972 e. The topological polar surface area (TPSA) is 43.8 Å². The molecule has 3 aromatic rings. The van der Waals surface area contributed by atoms with Gasteiger partial charge in [0.1, 0.15) is 0 Å². The van der Waals surface area contributed by atoms with Crippen LogP contribution in [0.15, 0.2) is 60.8 Å². The molecule has 0 unspecified atom stereocenters.